The summed E-state index contributed by atoms with van der Waals surface area (Å²) in [5.41, 5.74) is 0. The molecule has 1 aliphatic carbocycles. The van der Waals surface area contributed by atoms with Crippen molar-refractivity contribution in [3.05, 3.63) is 29.3 Å². The summed E-state index contributed by atoms with van der Waals surface area (Å²) in [6, 6.07) is 7.11. The lowest BCUT2D eigenvalue weighted by Crippen LogP contribution is -2.52. The highest BCUT2D eigenvalue weighted by Gasteiger charge is 2.30. The number of nitrogens with zero attached hydrogens (tertiary/aromatic N) is 2. The normalized spacial score (nSPS) is 18.7. The molecule has 1 saturated carbocycles. The fraction of sp³-hybridized carbons (Fsp3) is 0.556. The SMILES string of the molecule is O=C(COc1ccccc1Cl)N1CCN(C(=O)C2CCCC2)CC1. The Bertz CT molecular complexity index is 594. The first-order valence-electron chi connectivity index (χ1n) is 8.59. The molecule has 2 amide bonds. The van der Waals surface area contributed by atoms with E-state index in [-0.39, 0.29) is 24.3 Å². The summed E-state index contributed by atoms with van der Waals surface area (Å²) in [6.45, 7) is 2.35. The monoisotopic (exact) mass is 350 g/mol. The van der Waals surface area contributed by atoms with Crippen LogP contribution in [0.15, 0.2) is 24.3 Å². The molecule has 3 rings (SSSR count). The standard InChI is InChI=1S/C18H23ClN2O3/c19-15-7-3-4-8-16(15)24-13-17(22)20-9-11-21(12-10-20)18(23)14-5-1-2-6-14/h3-4,7-8,14H,1-2,5-6,9-13H2. The van der Waals surface area contributed by atoms with Crippen molar-refractivity contribution in [1.82, 2.24) is 9.80 Å². The molecule has 5 nitrogen and oxygen atoms in total. The molecule has 2 fully saturated rings. The van der Waals surface area contributed by atoms with E-state index in [1.165, 1.54) is 0 Å². The van der Waals surface area contributed by atoms with E-state index in [0.717, 1.165) is 25.7 Å². The lowest BCUT2D eigenvalue weighted by Gasteiger charge is -2.36. The summed E-state index contributed by atoms with van der Waals surface area (Å²) in [6.07, 6.45) is 4.36. The quantitative estimate of drug-likeness (QED) is 0.838. The summed E-state index contributed by atoms with van der Waals surface area (Å²) in [5, 5.41) is 0.497. The van der Waals surface area contributed by atoms with Gasteiger partial charge in [-0.1, -0.05) is 36.6 Å². The highest BCUT2D eigenvalue weighted by molar-refractivity contribution is 6.32. The van der Waals surface area contributed by atoms with Crippen LogP contribution in [0.4, 0.5) is 0 Å². The smallest absolute Gasteiger partial charge is 0.260 e. The van der Waals surface area contributed by atoms with Gasteiger partial charge in [-0.2, -0.15) is 0 Å². The van der Waals surface area contributed by atoms with Gasteiger partial charge in [-0.05, 0) is 25.0 Å². The van der Waals surface area contributed by atoms with Gasteiger partial charge in [0, 0.05) is 32.1 Å². The molecule has 130 valence electrons. The number of carbonyl (C=O) groups excluding carboxylic acids is 2. The Labute approximate surface area is 147 Å². The molecule has 0 N–H and O–H groups in total. The second-order valence-electron chi connectivity index (χ2n) is 6.41. The average molecular weight is 351 g/mol. The molecule has 1 aromatic rings. The molecule has 1 saturated heterocycles. The Morgan fingerprint density at radius 2 is 1.67 bits per heavy atom. The predicted octanol–water partition coefficient (Wildman–Crippen LogP) is 2.58. The van der Waals surface area contributed by atoms with Crippen molar-refractivity contribution in [2.45, 2.75) is 25.7 Å². The van der Waals surface area contributed by atoms with Gasteiger partial charge < -0.3 is 14.5 Å². The summed E-state index contributed by atoms with van der Waals surface area (Å²) in [5.74, 6) is 0.924. The zero-order valence-corrected chi connectivity index (χ0v) is 14.5. The topological polar surface area (TPSA) is 49.9 Å². The van der Waals surface area contributed by atoms with Gasteiger partial charge in [-0.15, -0.1) is 0 Å². The number of halogens is 1. The number of rotatable bonds is 4. The number of carbonyl (C=O) groups is 2. The molecule has 1 heterocycles. The van der Waals surface area contributed by atoms with Gasteiger partial charge in [0.15, 0.2) is 6.61 Å². The maximum absolute atomic E-state index is 12.4. The zero-order chi connectivity index (χ0) is 16.9. The van der Waals surface area contributed by atoms with Crippen molar-refractivity contribution in [2.75, 3.05) is 32.8 Å². The molecular weight excluding hydrogens is 328 g/mol. The second-order valence-corrected chi connectivity index (χ2v) is 6.81. The highest BCUT2D eigenvalue weighted by Crippen LogP contribution is 2.27. The van der Waals surface area contributed by atoms with Crippen LogP contribution in [0.3, 0.4) is 0 Å². The third-order valence-electron chi connectivity index (χ3n) is 4.84. The van der Waals surface area contributed by atoms with Crippen molar-refractivity contribution < 1.29 is 14.3 Å². The third-order valence-corrected chi connectivity index (χ3v) is 5.15. The second kappa shape index (κ2) is 7.88. The molecule has 0 spiro atoms. The van der Waals surface area contributed by atoms with Crippen LogP contribution in [0.5, 0.6) is 5.75 Å². The first-order valence-corrected chi connectivity index (χ1v) is 8.97. The summed E-state index contributed by atoms with van der Waals surface area (Å²) in [4.78, 5) is 28.3. The Balaban J connectivity index is 1.45. The van der Waals surface area contributed by atoms with E-state index in [0.29, 0.717) is 37.0 Å². The Morgan fingerprint density at radius 3 is 2.33 bits per heavy atom. The number of para-hydroxylation sites is 1. The van der Waals surface area contributed by atoms with Crippen molar-refractivity contribution in [3.63, 3.8) is 0 Å². The van der Waals surface area contributed by atoms with E-state index in [9.17, 15) is 9.59 Å². The number of hydrogen-bond donors (Lipinski definition) is 0. The molecule has 0 radical (unpaired) electrons. The molecule has 24 heavy (non-hydrogen) atoms. The summed E-state index contributed by atoms with van der Waals surface area (Å²) < 4.78 is 5.50. The van der Waals surface area contributed by atoms with Crippen LogP contribution in [0.2, 0.25) is 5.02 Å². The predicted molar refractivity (Wildman–Crippen MR) is 92.1 cm³/mol. The van der Waals surface area contributed by atoms with Crippen LogP contribution in [-0.4, -0.2) is 54.4 Å². The number of benzene rings is 1. The minimum absolute atomic E-state index is 0.0275. The van der Waals surface area contributed by atoms with Gasteiger partial charge in [0.05, 0.1) is 5.02 Å². The molecule has 6 heteroatoms. The highest BCUT2D eigenvalue weighted by atomic mass is 35.5. The van der Waals surface area contributed by atoms with Crippen molar-refractivity contribution in [2.24, 2.45) is 5.92 Å². The third kappa shape index (κ3) is 4.01. The van der Waals surface area contributed by atoms with E-state index in [4.69, 9.17) is 16.3 Å². The number of ether oxygens (including phenoxy) is 1. The van der Waals surface area contributed by atoms with Gasteiger partial charge in [0.2, 0.25) is 5.91 Å². The molecule has 1 aliphatic heterocycles. The van der Waals surface area contributed by atoms with Crippen LogP contribution in [0.1, 0.15) is 25.7 Å². The van der Waals surface area contributed by atoms with Gasteiger partial charge >= 0.3 is 0 Å². The maximum atomic E-state index is 12.4. The molecular formula is C18H23ClN2O3. The van der Waals surface area contributed by atoms with Gasteiger partial charge in [-0.3, -0.25) is 9.59 Å². The van der Waals surface area contributed by atoms with Crippen LogP contribution >= 0.6 is 11.6 Å². The zero-order valence-electron chi connectivity index (χ0n) is 13.7. The number of amides is 2. The number of piperazine rings is 1. The fourth-order valence-electron chi connectivity index (χ4n) is 3.40. The number of hydrogen-bond acceptors (Lipinski definition) is 3. The van der Waals surface area contributed by atoms with Crippen LogP contribution in [0, 0.1) is 5.92 Å². The van der Waals surface area contributed by atoms with Crippen molar-refractivity contribution in [1.29, 1.82) is 0 Å². The Kier molecular flexibility index (Phi) is 5.61. The molecule has 0 atom stereocenters. The summed E-state index contributed by atoms with van der Waals surface area (Å²) in [7, 11) is 0. The fourth-order valence-corrected chi connectivity index (χ4v) is 3.59. The van der Waals surface area contributed by atoms with E-state index in [1.54, 1.807) is 17.0 Å². The van der Waals surface area contributed by atoms with Crippen LogP contribution in [-0.2, 0) is 9.59 Å². The lowest BCUT2D eigenvalue weighted by molar-refractivity contribution is -0.142. The lowest BCUT2D eigenvalue weighted by atomic mass is 10.1. The maximum Gasteiger partial charge on any atom is 0.260 e. The van der Waals surface area contributed by atoms with E-state index < -0.39 is 0 Å². The van der Waals surface area contributed by atoms with E-state index in [2.05, 4.69) is 0 Å². The van der Waals surface area contributed by atoms with E-state index in [1.807, 2.05) is 17.0 Å². The van der Waals surface area contributed by atoms with Crippen LogP contribution in [0.25, 0.3) is 0 Å². The minimum Gasteiger partial charge on any atom is -0.482 e. The van der Waals surface area contributed by atoms with Crippen molar-refractivity contribution >= 4 is 23.4 Å². The van der Waals surface area contributed by atoms with Crippen molar-refractivity contribution in [3.8, 4) is 5.75 Å². The van der Waals surface area contributed by atoms with E-state index >= 15 is 0 Å². The Hall–Kier alpha value is -1.75. The molecule has 2 aliphatic rings. The molecule has 1 aromatic carbocycles. The van der Waals surface area contributed by atoms with Crippen LogP contribution < -0.4 is 4.74 Å². The first-order chi connectivity index (χ1) is 11.6. The molecule has 0 aromatic heterocycles. The summed E-state index contributed by atoms with van der Waals surface area (Å²) >= 11 is 6.02. The van der Waals surface area contributed by atoms with Gasteiger partial charge in [0.1, 0.15) is 5.75 Å². The first kappa shape index (κ1) is 17.1. The van der Waals surface area contributed by atoms with Gasteiger partial charge in [0.25, 0.3) is 5.91 Å². The average Bonchev–Trinajstić information content (AvgIpc) is 3.15. The largest absolute Gasteiger partial charge is 0.482 e. The minimum atomic E-state index is -0.0668. The molecule has 0 bridgehead atoms. The Morgan fingerprint density at radius 1 is 1.04 bits per heavy atom. The molecule has 0 unspecified atom stereocenters. The van der Waals surface area contributed by atoms with Gasteiger partial charge in [-0.25, -0.2) is 0 Å².